The van der Waals surface area contributed by atoms with Gasteiger partial charge in [0.05, 0.1) is 16.6 Å². The number of nitrogens with zero attached hydrogens (tertiary/aromatic N) is 1. The molecule has 1 N–H and O–H groups in total. The lowest BCUT2D eigenvalue weighted by molar-refractivity contribution is -0.120. The van der Waals surface area contributed by atoms with Crippen LogP contribution in [0.15, 0.2) is 71.6 Å². The van der Waals surface area contributed by atoms with E-state index < -0.39 is 15.9 Å². The van der Waals surface area contributed by atoms with Crippen LogP contribution in [0.2, 0.25) is 0 Å². The quantitative estimate of drug-likeness (QED) is 0.549. The molecule has 1 heterocycles. The predicted octanol–water partition coefficient (Wildman–Crippen LogP) is 4.15. The summed E-state index contributed by atoms with van der Waals surface area (Å²) in [5, 5.41) is 2.91. The Labute approximate surface area is 200 Å². The molecule has 7 nitrogen and oxygen atoms in total. The average Bonchev–Trinajstić information content (AvgIpc) is 2.84. The first-order valence-electron chi connectivity index (χ1n) is 11.1. The third kappa shape index (κ3) is 5.02. The topological polar surface area (TPSA) is 84.9 Å². The molecule has 1 aliphatic rings. The molecule has 3 aromatic rings. The molecule has 0 bridgehead atoms. The van der Waals surface area contributed by atoms with Crippen LogP contribution in [0.5, 0.6) is 11.5 Å². The van der Waals surface area contributed by atoms with Gasteiger partial charge in [-0.1, -0.05) is 30.3 Å². The maximum atomic E-state index is 13.5. The number of hydrogen-bond acceptors (Lipinski definition) is 5. The fourth-order valence-electron chi connectivity index (χ4n) is 3.75. The highest BCUT2D eigenvalue weighted by Crippen LogP contribution is 2.32. The summed E-state index contributed by atoms with van der Waals surface area (Å²) in [4.78, 5) is 13.2. The van der Waals surface area contributed by atoms with Crippen molar-refractivity contribution in [3.05, 3.63) is 83.4 Å². The number of fused-ring (bicyclic) bond motifs is 1. The van der Waals surface area contributed by atoms with Gasteiger partial charge in [0.15, 0.2) is 11.5 Å². The van der Waals surface area contributed by atoms with Crippen molar-refractivity contribution in [2.75, 3.05) is 24.1 Å². The Morgan fingerprint density at radius 1 is 0.941 bits per heavy atom. The summed E-state index contributed by atoms with van der Waals surface area (Å²) in [6.45, 7) is 6.33. The van der Waals surface area contributed by atoms with Crippen LogP contribution in [0.1, 0.15) is 29.7 Å². The van der Waals surface area contributed by atoms with E-state index in [1.807, 2.05) is 45.0 Å². The summed E-state index contributed by atoms with van der Waals surface area (Å²) >= 11 is 0. The van der Waals surface area contributed by atoms with Crippen LogP contribution in [0.25, 0.3) is 0 Å². The molecular weight excluding hydrogens is 452 g/mol. The van der Waals surface area contributed by atoms with Crippen LogP contribution < -0.4 is 19.1 Å². The van der Waals surface area contributed by atoms with Gasteiger partial charge in [0, 0.05) is 0 Å². The highest BCUT2D eigenvalue weighted by molar-refractivity contribution is 7.92. The Morgan fingerprint density at radius 2 is 1.65 bits per heavy atom. The Balaban J connectivity index is 1.58. The van der Waals surface area contributed by atoms with Crippen LogP contribution in [0, 0.1) is 13.8 Å². The lowest BCUT2D eigenvalue weighted by atomic mass is 10.1. The summed E-state index contributed by atoms with van der Waals surface area (Å²) in [5.74, 6) is 0.886. The van der Waals surface area contributed by atoms with Crippen LogP contribution in [-0.4, -0.2) is 34.1 Å². The number of carbonyl (C=O) groups is 1. The van der Waals surface area contributed by atoms with Gasteiger partial charge in [0.25, 0.3) is 10.0 Å². The molecule has 0 aliphatic carbocycles. The van der Waals surface area contributed by atoms with E-state index in [-0.39, 0.29) is 17.5 Å². The molecule has 178 valence electrons. The van der Waals surface area contributed by atoms with Gasteiger partial charge in [0.2, 0.25) is 5.91 Å². The largest absolute Gasteiger partial charge is 0.486 e. The van der Waals surface area contributed by atoms with Crippen LogP contribution >= 0.6 is 0 Å². The molecule has 0 saturated carbocycles. The molecule has 0 radical (unpaired) electrons. The molecule has 4 rings (SSSR count). The summed E-state index contributed by atoms with van der Waals surface area (Å²) in [6.07, 6.45) is 0. The second kappa shape index (κ2) is 9.77. The minimum absolute atomic E-state index is 0.126. The highest BCUT2D eigenvalue weighted by Gasteiger charge is 2.28. The van der Waals surface area contributed by atoms with E-state index in [1.165, 1.54) is 12.1 Å². The number of benzene rings is 3. The maximum absolute atomic E-state index is 13.5. The molecule has 0 saturated heterocycles. The third-order valence-electron chi connectivity index (χ3n) is 5.84. The van der Waals surface area contributed by atoms with E-state index in [0.717, 1.165) is 21.0 Å². The standard InChI is InChI=1S/C26H28N2O5S/c1-18-9-11-22(15-19(18)2)28(34(30,31)23-7-5-4-6-8-23)17-26(29)27-20(3)21-10-12-24-25(16-21)33-14-13-32-24/h4-12,15-16,20H,13-14,17H2,1-3H3,(H,27,29). The van der Waals surface area contributed by atoms with Crippen molar-refractivity contribution in [1.82, 2.24) is 5.32 Å². The number of carbonyl (C=O) groups excluding carboxylic acids is 1. The SMILES string of the molecule is Cc1ccc(N(CC(=O)NC(C)c2ccc3c(c2)OCCO3)S(=O)(=O)c2ccccc2)cc1C. The zero-order valence-corrected chi connectivity index (χ0v) is 20.3. The van der Waals surface area contributed by atoms with Crippen molar-refractivity contribution >= 4 is 21.6 Å². The molecule has 0 fully saturated rings. The third-order valence-corrected chi connectivity index (χ3v) is 7.63. The number of nitrogens with one attached hydrogen (secondary N) is 1. The molecule has 1 aliphatic heterocycles. The van der Waals surface area contributed by atoms with Crippen molar-refractivity contribution < 1.29 is 22.7 Å². The van der Waals surface area contributed by atoms with Crippen molar-refractivity contribution in [2.24, 2.45) is 0 Å². The summed E-state index contributed by atoms with van der Waals surface area (Å²) in [6, 6.07) is 18.6. The van der Waals surface area contributed by atoms with Gasteiger partial charge in [-0.3, -0.25) is 9.10 Å². The van der Waals surface area contributed by atoms with Crippen LogP contribution in [0.4, 0.5) is 5.69 Å². The number of sulfonamides is 1. The first kappa shape index (κ1) is 23.6. The molecular formula is C26H28N2O5S. The normalized spacial score (nSPS) is 13.7. The fraction of sp³-hybridized carbons (Fsp3) is 0.269. The highest BCUT2D eigenvalue weighted by atomic mass is 32.2. The number of aryl methyl sites for hydroxylation is 2. The number of hydrogen-bond donors (Lipinski definition) is 1. The molecule has 1 amide bonds. The van der Waals surface area contributed by atoms with E-state index >= 15 is 0 Å². The van der Waals surface area contributed by atoms with E-state index in [0.29, 0.717) is 30.4 Å². The number of rotatable bonds is 7. The van der Waals surface area contributed by atoms with Gasteiger partial charge in [-0.25, -0.2) is 8.42 Å². The lowest BCUT2D eigenvalue weighted by Gasteiger charge is -2.26. The monoisotopic (exact) mass is 480 g/mol. The summed E-state index contributed by atoms with van der Waals surface area (Å²) in [7, 11) is -3.96. The van der Waals surface area contributed by atoms with E-state index in [4.69, 9.17) is 9.47 Å². The van der Waals surface area contributed by atoms with E-state index in [9.17, 15) is 13.2 Å². The van der Waals surface area contributed by atoms with Gasteiger partial charge in [-0.05, 0) is 73.9 Å². The zero-order chi connectivity index (χ0) is 24.3. The minimum atomic E-state index is -3.96. The number of anilines is 1. The van der Waals surface area contributed by atoms with Gasteiger partial charge < -0.3 is 14.8 Å². The van der Waals surface area contributed by atoms with Gasteiger partial charge in [-0.2, -0.15) is 0 Å². The number of ether oxygens (including phenoxy) is 2. The minimum Gasteiger partial charge on any atom is -0.486 e. The average molecular weight is 481 g/mol. The van der Waals surface area contributed by atoms with Crippen molar-refractivity contribution in [1.29, 1.82) is 0 Å². The number of amides is 1. The van der Waals surface area contributed by atoms with Gasteiger partial charge >= 0.3 is 0 Å². The Hall–Kier alpha value is -3.52. The van der Waals surface area contributed by atoms with Gasteiger partial charge in [0.1, 0.15) is 19.8 Å². The Kier molecular flexibility index (Phi) is 6.79. The molecule has 34 heavy (non-hydrogen) atoms. The van der Waals surface area contributed by atoms with Gasteiger partial charge in [-0.15, -0.1) is 0 Å². The van der Waals surface area contributed by atoms with Crippen molar-refractivity contribution in [3.63, 3.8) is 0 Å². The molecule has 0 spiro atoms. The lowest BCUT2D eigenvalue weighted by Crippen LogP contribution is -2.41. The molecule has 0 aromatic heterocycles. The van der Waals surface area contributed by atoms with E-state index in [1.54, 1.807) is 30.3 Å². The van der Waals surface area contributed by atoms with E-state index in [2.05, 4.69) is 5.32 Å². The molecule has 3 aromatic carbocycles. The first-order valence-corrected chi connectivity index (χ1v) is 12.5. The molecule has 1 atom stereocenters. The molecule has 8 heteroatoms. The first-order chi connectivity index (χ1) is 16.3. The maximum Gasteiger partial charge on any atom is 0.264 e. The summed E-state index contributed by atoms with van der Waals surface area (Å²) < 4.78 is 39.3. The molecule has 1 unspecified atom stereocenters. The fourth-order valence-corrected chi connectivity index (χ4v) is 5.18. The van der Waals surface area contributed by atoms with Crippen LogP contribution in [-0.2, 0) is 14.8 Å². The summed E-state index contributed by atoms with van der Waals surface area (Å²) in [5.41, 5.74) is 3.25. The second-order valence-corrected chi connectivity index (χ2v) is 10.1. The Bertz CT molecular complexity index is 1290. The zero-order valence-electron chi connectivity index (χ0n) is 19.4. The van der Waals surface area contributed by atoms with Crippen molar-refractivity contribution in [3.8, 4) is 11.5 Å². The predicted molar refractivity (Wildman–Crippen MR) is 131 cm³/mol. The van der Waals surface area contributed by atoms with Crippen molar-refractivity contribution in [2.45, 2.75) is 31.7 Å². The van der Waals surface area contributed by atoms with Crippen LogP contribution in [0.3, 0.4) is 0 Å². The second-order valence-electron chi connectivity index (χ2n) is 8.29. The Morgan fingerprint density at radius 3 is 2.35 bits per heavy atom. The smallest absolute Gasteiger partial charge is 0.264 e.